The van der Waals surface area contributed by atoms with Crippen LogP contribution in [0.3, 0.4) is 0 Å². The lowest BCUT2D eigenvalue weighted by atomic mass is 10.2. The lowest BCUT2D eigenvalue weighted by Gasteiger charge is -2.08. The summed E-state index contributed by atoms with van der Waals surface area (Å²) >= 11 is 0. The number of hydrogen-bond acceptors (Lipinski definition) is 4. The number of amides is 1. The molecule has 0 aliphatic heterocycles. The van der Waals surface area contributed by atoms with E-state index < -0.39 is 0 Å². The third-order valence-corrected chi connectivity index (χ3v) is 5.33. The third-order valence-electron chi connectivity index (χ3n) is 5.33. The van der Waals surface area contributed by atoms with Gasteiger partial charge in [-0.1, -0.05) is 50.5 Å². The quantitative estimate of drug-likeness (QED) is 0.411. The van der Waals surface area contributed by atoms with Crippen LogP contribution in [-0.2, 0) is 6.54 Å². The van der Waals surface area contributed by atoms with Gasteiger partial charge in [0.05, 0.1) is 11.0 Å². The summed E-state index contributed by atoms with van der Waals surface area (Å²) in [6.07, 6.45) is 4.43. The Morgan fingerprint density at radius 2 is 1.80 bits per heavy atom. The van der Waals surface area contributed by atoms with Crippen molar-refractivity contribution in [2.45, 2.75) is 46.1 Å². The molecule has 0 radical (unpaired) electrons. The zero-order valence-electron chi connectivity index (χ0n) is 17.5. The molecule has 30 heavy (non-hydrogen) atoms. The highest BCUT2D eigenvalue weighted by atomic mass is 16.1. The normalized spacial score (nSPS) is 11.3. The Kier molecular flexibility index (Phi) is 5.65. The molecule has 0 aliphatic rings. The standard InChI is InChI=1S/C24H27N5O/c1-3-4-5-8-14-29-22(25)20(24(30)26-17-11-9-10-16(2)15-17)21-23(29)28-19-13-7-6-12-18(19)27-21/h6-7,9-13,15H,3-5,8,14,25H2,1-2H3,(H,26,30). The van der Waals surface area contributed by atoms with Crippen LogP contribution in [0.25, 0.3) is 22.2 Å². The second-order valence-corrected chi connectivity index (χ2v) is 7.68. The molecule has 4 rings (SSSR count). The number of unbranched alkanes of at least 4 members (excludes halogenated alkanes) is 3. The molecule has 2 aromatic carbocycles. The van der Waals surface area contributed by atoms with Crippen LogP contribution in [0.5, 0.6) is 0 Å². The molecule has 1 amide bonds. The van der Waals surface area contributed by atoms with E-state index in [4.69, 9.17) is 15.7 Å². The van der Waals surface area contributed by atoms with Gasteiger partial charge in [0.2, 0.25) is 0 Å². The van der Waals surface area contributed by atoms with Crippen LogP contribution in [-0.4, -0.2) is 20.4 Å². The third kappa shape index (κ3) is 3.85. The van der Waals surface area contributed by atoms with Gasteiger partial charge in [-0.25, -0.2) is 9.97 Å². The van der Waals surface area contributed by atoms with E-state index in [1.807, 2.05) is 60.0 Å². The van der Waals surface area contributed by atoms with Crippen molar-refractivity contribution < 1.29 is 4.79 Å². The number of hydrogen-bond donors (Lipinski definition) is 2. The minimum Gasteiger partial charge on any atom is -0.384 e. The average molecular weight is 402 g/mol. The second-order valence-electron chi connectivity index (χ2n) is 7.68. The largest absolute Gasteiger partial charge is 0.384 e. The Morgan fingerprint density at radius 3 is 2.53 bits per heavy atom. The molecule has 0 unspecified atom stereocenters. The number of nitrogens with zero attached hydrogens (tertiary/aromatic N) is 3. The van der Waals surface area contributed by atoms with Crippen molar-refractivity contribution in [1.29, 1.82) is 0 Å². The fourth-order valence-corrected chi connectivity index (χ4v) is 3.78. The first kappa shape index (κ1) is 19.9. The highest BCUT2D eigenvalue weighted by Crippen LogP contribution is 2.29. The van der Waals surface area contributed by atoms with Gasteiger partial charge in [-0.15, -0.1) is 0 Å². The lowest BCUT2D eigenvalue weighted by molar-refractivity contribution is 0.102. The minimum absolute atomic E-state index is 0.264. The topological polar surface area (TPSA) is 85.8 Å². The molecule has 6 heteroatoms. The Bertz CT molecular complexity index is 1210. The summed E-state index contributed by atoms with van der Waals surface area (Å²) in [6.45, 7) is 4.89. The van der Waals surface area contributed by atoms with Crippen molar-refractivity contribution >= 4 is 39.6 Å². The van der Waals surface area contributed by atoms with Crippen molar-refractivity contribution in [3.8, 4) is 0 Å². The van der Waals surface area contributed by atoms with E-state index in [0.717, 1.165) is 41.5 Å². The maximum Gasteiger partial charge on any atom is 0.261 e. The number of fused-ring (bicyclic) bond motifs is 2. The van der Waals surface area contributed by atoms with Crippen LogP contribution < -0.4 is 11.1 Å². The number of aromatic nitrogens is 3. The number of carbonyl (C=O) groups is 1. The predicted molar refractivity (Wildman–Crippen MR) is 123 cm³/mol. The van der Waals surface area contributed by atoms with Crippen LogP contribution in [0.4, 0.5) is 11.5 Å². The summed E-state index contributed by atoms with van der Waals surface area (Å²) < 4.78 is 1.94. The molecule has 6 nitrogen and oxygen atoms in total. The van der Waals surface area contributed by atoms with E-state index in [-0.39, 0.29) is 5.91 Å². The zero-order valence-corrected chi connectivity index (χ0v) is 17.5. The maximum atomic E-state index is 13.2. The van der Waals surface area contributed by atoms with E-state index in [9.17, 15) is 4.79 Å². The van der Waals surface area contributed by atoms with Crippen LogP contribution in [0, 0.1) is 6.92 Å². The number of anilines is 2. The molecule has 154 valence electrons. The predicted octanol–water partition coefficient (Wildman–Crippen LogP) is 5.31. The highest BCUT2D eigenvalue weighted by molar-refractivity contribution is 6.16. The Hall–Kier alpha value is -3.41. The second kappa shape index (κ2) is 8.53. The van der Waals surface area contributed by atoms with Gasteiger partial charge in [-0.05, 0) is 43.2 Å². The fourth-order valence-electron chi connectivity index (χ4n) is 3.78. The molecule has 2 heterocycles. The molecule has 0 bridgehead atoms. The van der Waals surface area contributed by atoms with Crippen LogP contribution in [0.15, 0.2) is 48.5 Å². The SMILES string of the molecule is CCCCCCn1c(N)c(C(=O)Nc2cccc(C)c2)c2nc3ccccc3nc21. The Morgan fingerprint density at radius 1 is 1.03 bits per heavy atom. The van der Waals surface area contributed by atoms with E-state index in [2.05, 4.69) is 12.2 Å². The molecule has 2 aromatic heterocycles. The molecule has 0 spiro atoms. The van der Waals surface area contributed by atoms with Gasteiger partial charge in [0.25, 0.3) is 5.91 Å². The molecule has 4 aromatic rings. The number of aryl methyl sites for hydroxylation is 2. The van der Waals surface area contributed by atoms with Crippen molar-refractivity contribution in [3.63, 3.8) is 0 Å². The maximum absolute atomic E-state index is 13.2. The van der Waals surface area contributed by atoms with E-state index >= 15 is 0 Å². The van der Waals surface area contributed by atoms with Gasteiger partial charge in [-0.2, -0.15) is 0 Å². The number of nitrogens with one attached hydrogen (secondary N) is 1. The Balaban J connectivity index is 1.79. The molecule has 0 saturated heterocycles. The average Bonchev–Trinajstić information content (AvgIpc) is 3.00. The molecule has 3 N–H and O–H groups in total. The smallest absolute Gasteiger partial charge is 0.261 e. The summed E-state index contributed by atoms with van der Waals surface area (Å²) in [5, 5.41) is 2.97. The number of para-hydroxylation sites is 2. The molecular weight excluding hydrogens is 374 g/mol. The number of benzene rings is 2. The van der Waals surface area contributed by atoms with Crippen LogP contribution >= 0.6 is 0 Å². The monoisotopic (exact) mass is 401 g/mol. The van der Waals surface area contributed by atoms with Gasteiger partial charge in [-0.3, -0.25) is 4.79 Å². The van der Waals surface area contributed by atoms with Gasteiger partial charge in [0.1, 0.15) is 16.9 Å². The first-order valence-electron chi connectivity index (χ1n) is 10.5. The van der Waals surface area contributed by atoms with Gasteiger partial charge < -0.3 is 15.6 Å². The summed E-state index contributed by atoms with van der Waals surface area (Å²) in [7, 11) is 0. The van der Waals surface area contributed by atoms with Gasteiger partial charge >= 0.3 is 0 Å². The first-order chi connectivity index (χ1) is 14.6. The van der Waals surface area contributed by atoms with Gasteiger partial charge in [0, 0.05) is 12.2 Å². The number of carbonyl (C=O) groups excluding carboxylic acids is 1. The van der Waals surface area contributed by atoms with Crippen molar-refractivity contribution in [3.05, 3.63) is 59.7 Å². The minimum atomic E-state index is -0.264. The van der Waals surface area contributed by atoms with Crippen molar-refractivity contribution in [1.82, 2.24) is 14.5 Å². The zero-order chi connectivity index (χ0) is 21.1. The van der Waals surface area contributed by atoms with Gasteiger partial charge in [0.15, 0.2) is 5.65 Å². The fraction of sp³-hybridized carbons (Fsp3) is 0.292. The molecule has 0 fully saturated rings. The summed E-state index contributed by atoms with van der Waals surface area (Å²) in [5.74, 6) is 0.155. The summed E-state index contributed by atoms with van der Waals surface area (Å²) in [4.78, 5) is 22.8. The number of rotatable bonds is 7. The van der Waals surface area contributed by atoms with E-state index in [1.54, 1.807) is 0 Å². The summed E-state index contributed by atoms with van der Waals surface area (Å²) in [6, 6.07) is 15.4. The van der Waals surface area contributed by atoms with Crippen molar-refractivity contribution in [2.24, 2.45) is 0 Å². The Labute approximate surface area is 176 Å². The molecule has 0 atom stereocenters. The van der Waals surface area contributed by atoms with E-state index in [1.165, 1.54) is 6.42 Å². The van der Waals surface area contributed by atoms with E-state index in [0.29, 0.717) is 29.1 Å². The summed E-state index contributed by atoms with van der Waals surface area (Å²) in [5.41, 5.74) is 11.5. The van der Waals surface area contributed by atoms with Crippen molar-refractivity contribution in [2.75, 3.05) is 11.1 Å². The number of nitrogen functional groups attached to an aromatic ring is 1. The lowest BCUT2D eigenvalue weighted by Crippen LogP contribution is -2.15. The molecule has 0 aliphatic carbocycles. The number of nitrogens with two attached hydrogens (primary N) is 1. The van der Waals surface area contributed by atoms with Crippen LogP contribution in [0.2, 0.25) is 0 Å². The highest BCUT2D eigenvalue weighted by Gasteiger charge is 2.24. The molecule has 0 saturated carbocycles. The molecular formula is C24H27N5O. The first-order valence-corrected chi connectivity index (χ1v) is 10.5. The van der Waals surface area contributed by atoms with Crippen LogP contribution in [0.1, 0.15) is 48.5 Å².